The maximum atomic E-state index is 12.6. The van der Waals surface area contributed by atoms with E-state index < -0.39 is 5.79 Å². The summed E-state index contributed by atoms with van der Waals surface area (Å²) in [5.74, 6) is 2.45. The van der Waals surface area contributed by atoms with E-state index >= 15 is 0 Å². The first kappa shape index (κ1) is 35.5. The lowest BCUT2D eigenvalue weighted by Crippen LogP contribution is -2.46. The van der Waals surface area contributed by atoms with Crippen molar-refractivity contribution in [2.75, 3.05) is 44.2 Å². The molecule has 1 amide bonds. The predicted molar refractivity (Wildman–Crippen MR) is 201 cm³/mol. The molecule has 272 valence electrons. The Kier molecular flexibility index (Phi) is 10.2. The van der Waals surface area contributed by atoms with Gasteiger partial charge in [0.2, 0.25) is 5.91 Å². The van der Waals surface area contributed by atoms with Gasteiger partial charge in [0.15, 0.2) is 5.79 Å². The van der Waals surface area contributed by atoms with Gasteiger partial charge in [-0.3, -0.25) is 4.79 Å². The van der Waals surface area contributed by atoms with Crippen molar-refractivity contribution in [2.45, 2.75) is 82.6 Å². The van der Waals surface area contributed by atoms with Crippen LogP contribution in [0.5, 0.6) is 11.5 Å². The number of halogens is 1. The van der Waals surface area contributed by atoms with Gasteiger partial charge in [-0.2, -0.15) is 0 Å². The van der Waals surface area contributed by atoms with Crippen LogP contribution < -0.4 is 25.8 Å². The van der Waals surface area contributed by atoms with Crippen LogP contribution in [0, 0.1) is 11.8 Å². The quantitative estimate of drug-likeness (QED) is 0.128. The average Bonchev–Trinajstić information content (AvgIpc) is 3.75. The number of carbonyl (C=O) groups is 1. The number of nitrogens with zero attached hydrogens (tertiary/aromatic N) is 4. The Labute approximate surface area is 307 Å². The smallest absolute Gasteiger partial charge is 0.224 e. The number of hydrogen-bond donors (Lipinski definition) is 3. The van der Waals surface area contributed by atoms with Gasteiger partial charge >= 0.3 is 0 Å². The number of nitrogen functional groups attached to an aromatic ring is 1. The van der Waals surface area contributed by atoms with E-state index in [2.05, 4.69) is 60.3 Å². The van der Waals surface area contributed by atoms with Gasteiger partial charge in [0.05, 0.1) is 43.1 Å². The number of benzene rings is 2. The number of fused-ring (bicyclic) bond motifs is 2. The minimum Gasteiger partial charge on any atom is -0.497 e. The Morgan fingerprint density at radius 2 is 1.88 bits per heavy atom. The second kappa shape index (κ2) is 14.6. The zero-order chi connectivity index (χ0) is 35.9. The third-order valence-electron chi connectivity index (χ3n) is 10.8. The monoisotopic (exact) mass is 761 g/mol. The number of methoxy groups -OCH3 is 2. The van der Waals surface area contributed by atoms with Crippen LogP contribution in [0.25, 0.3) is 11.0 Å². The second-order valence-electron chi connectivity index (χ2n) is 14.6. The number of hydrogen-bond acceptors (Lipinski definition) is 10. The van der Waals surface area contributed by atoms with Crippen molar-refractivity contribution in [3.05, 3.63) is 65.0 Å². The molecule has 51 heavy (non-hydrogen) atoms. The van der Waals surface area contributed by atoms with Crippen LogP contribution in [0.4, 0.5) is 17.2 Å². The molecule has 13 heteroatoms. The lowest BCUT2D eigenvalue weighted by molar-refractivity contribution is -0.161. The highest BCUT2D eigenvalue weighted by molar-refractivity contribution is 9.10. The molecule has 2 aromatic carbocycles. The fraction of sp³-hybridized carbons (Fsp3) is 0.500. The molecular weight excluding hydrogens is 714 g/mol. The Balaban J connectivity index is 0.972. The molecule has 2 aliphatic carbocycles. The zero-order valence-electron chi connectivity index (χ0n) is 29.9. The first-order valence-electron chi connectivity index (χ1n) is 17.7. The Hall–Kier alpha value is -3.91. The summed E-state index contributed by atoms with van der Waals surface area (Å²) in [6.07, 6.45) is 8.10. The fourth-order valence-electron chi connectivity index (χ4n) is 8.07. The molecule has 0 spiro atoms. The van der Waals surface area contributed by atoms with Crippen molar-refractivity contribution in [3.8, 4) is 11.5 Å². The molecule has 12 nitrogen and oxygen atoms in total. The third-order valence-corrected chi connectivity index (χ3v) is 11.3. The summed E-state index contributed by atoms with van der Waals surface area (Å²) in [6.45, 7) is 5.47. The van der Waals surface area contributed by atoms with Gasteiger partial charge in [-0.15, -0.1) is 0 Å². The number of carbonyl (C=O) groups excluding carboxylic acids is 1. The van der Waals surface area contributed by atoms with E-state index in [4.69, 9.17) is 29.7 Å². The van der Waals surface area contributed by atoms with Crippen LogP contribution in [0.3, 0.4) is 0 Å². The SMILES string of the molecule is COc1ccc(CNc2ncnc3c2ccn3C2CC(CN(C)C3CC(CCC(=O)Nc4ccc(Br)cc4N)C3)C3OC(C)(C)OC32)c(OC)c1. The summed E-state index contributed by atoms with van der Waals surface area (Å²) in [5, 5.41) is 7.41. The molecule has 2 aromatic heterocycles. The topological polar surface area (TPSA) is 138 Å². The summed E-state index contributed by atoms with van der Waals surface area (Å²) in [7, 11) is 5.53. The number of nitrogens with two attached hydrogens (primary N) is 1. The summed E-state index contributed by atoms with van der Waals surface area (Å²) in [4.78, 5) is 24.4. The highest BCUT2D eigenvalue weighted by atomic mass is 79.9. The molecule has 4 atom stereocenters. The van der Waals surface area contributed by atoms with Crippen LogP contribution in [-0.2, 0) is 20.8 Å². The molecule has 4 N–H and O–H groups in total. The van der Waals surface area contributed by atoms with Crippen molar-refractivity contribution in [1.29, 1.82) is 0 Å². The van der Waals surface area contributed by atoms with Crippen molar-refractivity contribution in [3.63, 3.8) is 0 Å². The van der Waals surface area contributed by atoms with Gasteiger partial charge in [0.25, 0.3) is 0 Å². The van der Waals surface area contributed by atoms with E-state index in [0.717, 1.165) is 70.6 Å². The largest absolute Gasteiger partial charge is 0.497 e. The summed E-state index contributed by atoms with van der Waals surface area (Å²) < 4.78 is 27.3. The van der Waals surface area contributed by atoms with Crippen LogP contribution in [-0.4, -0.2) is 77.2 Å². The Morgan fingerprint density at radius 3 is 2.65 bits per heavy atom. The van der Waals surface area contributed by atoms with Crippen molar-refractivity contribution < 1.29 is 23.7 Å². The molecule has 1 aliphatic heterocycles. The van der Waals surface area contributed by atoms with E-state index in [1.165, 1.54) is 0 Å². The normalized spacial score (nSPS) is 25.1. The zero-order valence-corrected chi connectivity index (χ0v) is 31.5. The number of rotatable bonds is 13. The number of aromatic nitrogens is 3. The second-order valence-corrected chi connectivity index (χ2v) is 15.5. The van der Waals surface area contributed by atoms with Crippen LogP contribution in [0.1, 0.15) is 57.6 Å². The molecule has 7 rings (SSSR count). The van der Waals surface area contributed by atoms with E-state index in [1.54, 1.807) is 26.6 Å². The van der Waals surface area contributed by atoms with Gasteiger partial charge in [0.1, 0.15) is 35.4 Å². The van der Waals surface area contributed by atoms with Crippen molar-refractivity contribution in [2.24, 2.45) is 11.8 Å². The number of anilines is 3. The fourth-order valence-corrected chi connectivity index (χ4v) is 8.45. The molecular formula is C38H48BrN7O5. The number of nitrogens with one attached hydrogen (secondary N) is 2. The Bertz CT molecular complexity index is 1880. The molecule has 2 saturated carbocycles. The van der Waals surface area contributed by atoms with E-state index in [-0.39, 0.29) is 24.2 Å². The molecule has 4 aromatic rings. The van der Waals surface area contributed by atoms with Crippen LogP contribution >= 0.6 is 15.9 Å². The summed E-state index contributed by atoms with van der Waals surface area (Å²) in [6, 6.07) is 14.0. The lowest BCUT2D eigenvalue weighted by atomic mass is 9.76. The highest BCUT2D eigenvalue weighted by Crippen LogP contribution is 2.48. The maximum Gasteiger partial charge on any atom is 0.224 e. The van der Waals surface area contributed by atoms with Gasteiger partial charge in [-0.1, -0.05) is 15.9 Å². The molecule has 0 bridgehead atoms. The van der Waals surface area contributed by atoms with Gasteiger partial charge in [-0.05, 0) is 88.9 Å². The minimum absolute atomic E-state index is 0.00745. The summed E-state index contributed by atoms with van der Waals surface area (Å²) >= 11 is 3.41. The van der Waals surface area contributed by atoms with E-state index in [1.807, 2.05) is 44.2 Å². The predicted octanol–water partition coefficient (Wildman–Crippen LogP) is 6.62. The minimum atomic E-state index is -0.657. The molecule has 4 unspecified atom stereocenters. The Morgan fingerprint density at radius 1 is 1.08 bits per heavy atom. The number of amides is 1. The van der Waals surface area contributed by atoms with E-state index in [0.29, 0.717) is 42.2 Å². The first-order valence-corrected chi connectivity index (χ1v) is 18.5. The molecule has 3 aliphatic rings. The molecule has 0 radical (unpaired) electrons. The standard InChI is InChI=1S/C38H48BrN7O5/c1-38(2)50-34-24(20-45(3)26-14-22(15-26)6-11-33(47)44-30-10-8-25(39)17-29(30)40)16-31(35(34)51-38)46-13-12-28-36(42-21-43-37(28)46)41-19-23-7-9-27(48-4)18-32(23)49-5/h7-10,12-13,17-18,21-22,24,26,31,34-35H,6,11,14-16,19-20,40H2,1-5H3,(H,44,47)(H,41,42,43). The van der Waals surface area contributed by atoms with Gasteiger partial charge in [0, 0.05) is 53.8 Å². The summed E-state index contributed by atoms with van der Waals surface area (Å²) in [5.41, 5.74) is 9.14. The van der Waals surface area contributed by atoms with E-state index in [9.17, 15) is 4.79 Å². The van der Waals surface area contributed by atoms with Crippen LogP contribution in [0.15, 0.2) is 59.5 Å². The lowest BCUT2D eigenvalue weighted by Gasteiger charge is -2.42. The van der Waals surface area contributed by atoms with Crippen LogP contribution in [0.2, 0.25) is 0 Å². The van der Waals surface area contributed by atoms with Crippen molar-refractivity contribution >= 4 is 50.1 Å². The average molecular weight is 763 g/mol. The van der Waals surface area contributed by atoms with Gasteiger partial charge < -0.3 is 44.8 Å². The molecule has 1 saturated heterocycles. The van der Waals surface area contributed by atoms with Gasteiger partial charge in [-0.25, -0.2) is 9.97 Å². The maximum absolute atomic E-state index is 12.6. The third kappa shape index (κ3) is 7.53. The van der Waals surface area contributed by atoms with Crippen molar-refractivity contribution in [1.82, 2.24) is 19.4 Å². The molecule has 3 fully saturated rings. The molecule has 3 heterocycles. The number of ether oxygens (including phenoxy) is 4. The first-order chi connectivity index (χ1) is 24.5. The highest BCUT2D eigenvalue weighted by Gasteiger charge is 2.55.